The average molecular weight is 284 g/mol. The molecule has 3 nitrogen and oxygen atoms in total. The highest BCUT2D eigenvalue weighted by Crippen LogP contribution is 2.33. The number of nitrogens with zero attached hydrogens (tertiary/aromatic N) is 1. The van der Waals surface area contributed by atoms with Gasteiger partial charge in [-0.05, 0) is 24.1 Å². The molecule has 1 N–H and O–H groups in total. The lowest BCUT2D eigenvalue weighted by Crippen LogP contribution is -2.16. The third-order valence-electron chi connectivity index (χ3n) is 2.96. The molecule has 0 radical (unpaired) electrons. The number of carbonyl (C=O) groups is 1. The van der Waals surface area contributed by atoms with Gasteiger partial charge in [-0.25, -0.2) is 0 Å². The molecule has 1 atom stereocenters. The van der Waals surface area contributed by atoms with Gasteiger partial charge in [0.2, 0.25) is 5.91 Å². The van der Waals surface area contributed by atoms with Crippen LogP contribution in [0.3, 0.4) is 0 Å². The number of anilines is 1. The van der Waals surface area contributed by atoms with Crippen LogP contribution in [0, 0.1) is 17.2 Å². The number of halogens is 3. The van der Waals surface area contributed by atoms with Gasteiger partial charge in [-0.2, -0.15) is 18.4 Å². The van der Waals surface area contributed by atoms with Crippen molar-refractivity contribution in [3.8, 4) is 6.07 Å². The number of hydrogen-bond donors (Lipinski definition) is 1. The summed E-state index contributed by atoms with van der Waals surface area (Å²) >= 11 is 0. The lowest BCUT2D eigenvalue weighted by atomic mass is 10.0. The van der Waals surface area contributed by atoms with E-state index in [2.05, 4.69) is 5.32 Å². The minimum atomic E-state index is -4.62. The Kier molecular flexibility index (Phi) is 5.14. The van der Waals surface area contributed by atoms with Gasteiger partial charge in [0, 0.05) is 12.1 Å². The van der Waals surface area contributed by atoms with Crippen LogP contribution in [0.1, 0.15) is 37.8 Å². The van der Waals surface area contributed by atoms with E-state index in [1.165, 1.54) is 12.1 Å². The molecule has 1 rings (SSSR count). The molecule has 108 valence electrons. The second-order valence-electron chi connectivity index (χ2n) is 4.64. The molecule has 0 aromatic heterocycles. The van der Waals surface area contributed by atoms with Crippen LogP contribution in [0.25, 0.3) is 0 Å². The van der Waals surface area contributed by atoms with E-state index in [1.54, 1.807) is 0 Å². The first-order valence-electron chi connectivity index (χ1n) is 6.19. The number of amides is 1. The van der Waals surface area contributed by atoms with Gasteiger partial charge < -0.3 is 5.32 Å². The number of benzene rings is 1. The van der Waals surface area contributed by atoms with E-state index in [0.717, 1.165) is 18.6 Å². The Balaban J connectivity index is 2.94. The van der Waals surface area contributed by atoms with E-state index in [4.69, 9.17) is 5.26 Å². The number of nitrogens with one attached hydrogen (secondary N) is 1. The van der Waals surface area contributed by atoms with E-state index in [-0.39, 0.29) is 23.9 Å². The Morgan fingerprint density at radius 3 is 2.60 bits per heavy atom. The number of rotatable bonds is 4. The second kappa shape index (κ2) is 6.42. The number of alkyl halides is 3. The second-order valence-corrected chi connectivity index (χ2v) is 4.64. The highest BCUT2D eigenvalue weighted by molar-refractivity contribution is 5.91. The van der Waals surface area contributed by atoms with E-state index in [9.17, 15) is 18.0 Å². The topological polar surface area (TPSA) is 52.9 Å². The summed E-state index contributed by atoms with van der Waals surface area (Å²) in [7, 11) is 0. The van der Waals surface area contributed by atoms with Gasteiger partial charge in [0.1, 0.15) is 0 Å². The number of nitriles is 1. The average Bonchev–Trinajstić information content (AvgIpc) is 2.37. The maximum absolute atomic E-state index is 12.8. The van der Waals surface area contributed by atoms with Crippen molar-refractivity contribution in [1.29, 1.82) is 5.26 Å². The fourth-order valence-electron chi connectivity index (χ4n) is 1.63. The lowest BCUT2D eigenvalue weighted by molar-refractivity contribution is -0.137. The Hall–Kier alpha value is -2.03. The van der Waals surface area contributed by atoms with Crippen LogP contribution in [0.4, 0.5) is 18.9 Å². The minimum absolute atomic E-state index is 0.0460. The largest absolute Gasteiger partial charge is 0.417 e. The van der Waals surface area contributed by atoms with Gasteiger partial charge in [-0.1, -0.05) is 20.3 Å². The molecular weight excluding hydrogens is 269 g/mol. The summed E-state index contributed by atoms with van der Waals surface area (Å²) in [5.41, 5.74) is -1.46. The molecule has 0 saturated heterocycles. The summed E-state index contributed by atoms with van der Waals surface area (Å²) in [6, 6.07) is 4.63. The zero-order valence-corrected chi connectivity index (χ0v) is 11.2. The quantitative estimate of drug-likeness (QED) is 0.910. The zero-order chi connectivity index (χ0) is 15.3. The van der Waals surface area contributed by atoms with Crippen LogP contribution in [-0.4, -0.2) is 5.91 Å². The molecule has 0 bridgehead atoms. The Labute approximate surface area is 115 Å². The monoisotopic (exact) mass is 284 g/mol. The Bertz CT molecular complexity index is 532. The minimum Gasteiger partial charge on any atom is -0.326 e. The van der Waals surface area contributed by atoms with Crippen molar-refractivity contribution in [3.05, 3.63) is 29.3 Å². The van der Waals surface area contributed by atoms with Gasteiger partial charge in [0.25, 0.3) is 0 Å². The van der Waals surface area contributed by atoms with E-state index in [1.807, 2.05) is 13.8 Å². The SMILES string of the molecule is CCC(C)CC(=O)Nc1ccc(C#N)c(C(F)(F)F)c1. The molecular formula is C14H15F3N2O. The third kappa shape index (κ3) is 4.26. The van der Waals surface area contributed by atoms with Crippen LogP contribution >= 0.6 is 0 Å². The Morgan fingerprint density at radius 1 is 1.45 bits per heavy atom. The van der Waals surface area contributed by atoms with E-state index < -0.39 is 17.3 Å². The predicted octanol–water partition coefficient (Wildman–Crippen LogP) is 3.95. The normalized spacial score (nSPS) is 12.6. The van der Waals surface area contributed by atoms with Gasteiger partial charge in [-0.15, -0.1) is 0 Å². The molecule has 1 aromatic carbocycles. The van der Waals surface area contributed by atoms with Crippen molar-refractivity contribution in [2.24, 2.45) is 5.92 Å². The van der Waals surface area contributed by atoms with Crippen molar-refractivity contribution in [2.45, 2.75) is 32.9 Å². The van der Waals surface area contributed by atoms with Crippen LogP contribution < -0.4 is 5.32 Å². The van der Waals surface area contributed by atoms with E-state index in [0.29, 0.717) is 0 Å². The van der Waals surface area contributed by atoms with Crippen LogP contribution in [0.2, 0.25) is 0 Å². The lowest BCUT2D eigenvalue weighted by Gasteiger charge is -2.13. The van der Waals surface area contributed by atoms with Gasteiger partial charge in [0.05, 0.1) is 17.2 Å². The maximum atomic E-state index is 12.8. The molecule has 1 amide bonds. The summed E-state index contributed by atoms with van der Waals surface area (Å²) in [4.78, 5) is 11.6. The first-order chi connectivity index (χ1) is 9.27. The molecule has 0 aliphatic rings. The van der Waals surface area contributed by atoms with Crippen molar-refractivity contribution < 1.29 is 18.0 Å². The van der Waals surface area contributed by atoms with Gasteiger partial charge >= 0.3 is 6.18 Å². The Morgan fingerprint density at radius 2 is 2.10 bits per heavy atom. The maximum Gasteiger partial charge on any atom is 0.417 e. The highest BCUT2D eigenvalue weighted by Gasteiger charge is 2.33. The molecule has 20 heavy (non-hydrogen) atoms. The highest BCUT2D eigenvalue weighted by atomic mass is 19.4. The fourth-order valence-corrected chi connectivity index (χ4v) is 1.63. The van der Waals surface area contributed by atoms with Crippen LogP contribution in [0.15, 0.2) is 18.2 Å². The van der Waals surface area contributed by atoms with Crippen molar-refractivity contribution in [1.82, 2.24) is 0 Å². The van der Waals surface area contributed by atoms with Crippen molar-refractivity contribution in [3.63, 3.8) is 0 Å². The van der Waals surface area contributed by atoms with Crippen LogP contribution in [0.5, 0.6) is 0 Å². The molecule has 1 unspecified atom stereocenters. The summed E-state index contributed by atoms with van der Waals surface area (Å²) in [5, 5.41) is 11.1. The number of hydrogen-bond acceptors (Lipinski definition) is 2. The molecule has 0 aliphatic carbocycles. The van der Waals surface area contributed by atoms with Gasteiger partial charge in [-0.3, -0.25) is 4.79 Å². The summed E-state index contributed by atoms with van der Waals surface area (Å²) in [6.45, 7) is 3.82. The first kappa shape index (κ1) is 16.0. The standard InChI is InChI=1S/C14H15F3N2O/c1-3-9(2)6-13(20)19-11-5-4-10(8-18)12(7-11)14(15,16)17/h4-5,7,9H,3,6H2,1-2H3,(H,19,20). The predicted molar refractivity (Wildman–Crippen MR) is 68.9 cm³/mol. The summed E-state index contributed by atoms with van der Waals surface area (Å²) in [5.74, 6) is -0.173. The van der Waals surface area contributed by atoms with E-state index >= 15 is 0 Å². The molecule has 0 heterocycles. The fraction of sp³-hybridized carbons (Fsp3) is 0.429. The number of carbonyl (C=O) groups excluding carboxylic acids is 1. The molecule has 0 saturated carbocycles. The molecule has 6 heteroatoms. The zero-order valence-electron chi connectivity index (χ0n) is 11.2. The van der Waals surface area contributed by atoms with Crippen molar-refractivity contribution in [2.75, 3.05) is 5.32 Å². The molecule has 0 aliphatic heterocycles. The van der Waals surface area contributed by atoms with Crippen molar-refractivity contribution >= 4 is 11.6 Å². The summed E-state index contributed by atoms with van der Waals surface area (Å²) in [6.07, 6.45) is -3.56. The molecule has 1 aromatic rings. The van der Waals surface area contributed by atoms with Gasteiger partial charge in [0.15, 0.2) is 0 Å². The smallest absolute Gasteiger partial charge is 0.326 e. The van der Waals surface area contributed by atoms with Crippen LogP contribution in [-0.2, 0) is 11.0 Å². The molecule has 0 spiro atoms. The molecule has 0 fully saturated rings. The third-order valence-corrected chi connectivity index (χ3v) is 2.96. The summed E-state index contributed by atoms with van der Waals surface area (Å²) < 4.78 is 38.3. The first-order valence-corrected chi connectivity index (χ1v) is 6.19.